The van der Waals surface area contributed by atoms with Crippen LogP contribution in [-0.2, 0) is 14.6 Å². The second-order valence-electron chi connectivity index (χ2n) is 3.59. The van der Waals surface area contributed by atoms with Crippen molar-refractivity contribution in [2.24, 2.45) is 0 Å². The molecule has 0 aliphatic heterocycles. The summed E-state index contributed by atoms with van der Waals surface area (Å²) in [5.74, 6) is 0. The third-order valence-electron chi connectivity index (χ3n) is 2.74. The minimum absolute atomic E-state index is 0.677. The molecule has 14 heavy (non-hydrogen) atoms. The van der Waals surface area contributed by atoms with Crippen LogP contribution < -0.4 is 0 Å². The van der Waals surface area contributed by atoms with Gasteiger partial charge in [0.25, 0.3) is 0 Å². The zero-order valence-electron chi connectivity index (χ0n) is 7.66. The van der Waals surface area contributed by atoms with Crippen molar-refractivity contribution in [1.29, 1.82) is 0 Å². The van der Waals surface area contributed by atoms with E-state index in [1.54, 1.807) is 6.20 Å². The summed E-state index contributed by atoms with van der Waals surface area (Å²) in [6, 6.07) is 0. The normalized spacial score (nSPS) is 20.4. The van der Waals surface area contributed by atoms with Crippen LogP contribution in [0.3, 0.4) is 0 Å². The average Bonchev–Trinajstić information content (AvgIpc) is 2.29. The van der Waals surface area contributed by atoms with Crippen molar-refractivity contribution in [3.63, 3.8) is 0 Å². The van der Waals surface area contributed by atoms with Gasteiger partial charge in [-0.25, -0.2) is 13.4 Å². The maximum atomic E-state index is 11.7. The number of aromatic nitrogens is 1. The molecule has 2 rings (SSSR count). The number of thiazole rings is 1. The van der Waals surface area contributed by atoms with E-state index in [1.807, 2.05) is 0 Å². The highest BCUT2D eigenvalue weighted by atomic mass is 79.9. The molecule has 0 radical (unpaired) electrons. The van der Waals surface area contributed by atoms with Crippen molar-refractivity contribution < 1.29 is 8.42 Å². The minimum Gasteiger partial charge on any atom is -0.247 e. The largest absolute Gasteiger partial charge is 0.247 e. The average molecular weight is 296 g/mol. The molecule has 3 nitrogen and oxygen atoms in total. The van der Waals surface area contributed by atoms with Gasteiger partial charge in [0.2, 0.25) is 0 Å². The summed E-state index contributed by atoms with van der Waals surface area (Å²) >= 11 is 4.73. The number of halogens is 1. The number of nitrogens with zero attached hydrogens (tertiary/aromatic N) is 1. The minimum atomic E-state index is -3.04. The van der Waals surface area contributed by atoms with E-state index in [0.29, 0.717) is 12.8 Å². The van der Waals surface area contributed by atoms with Gasteiger partial charge in [0, 0.05) is 6.26 Å². The molecule has 0 unspecified atom stereocenters. The lowest BCUT2D eigenvalue weighted by Gasteiger charge is -2.37. The monoisotopic (exact) mass is 295 g/mol. The fraction of sp³-hybridized carbons (Fsp3) is 0.625. The van der Waals surface area contributed by atoms with Crippen molar-refractivity contribution in [2.45, 2.75) is 24.0 Å². The third kappa shape index (κ3) is 1.44. The second-order valence-corrected chi connectivity index (χ2v) is 8.33. The predicted octanol–water partition coefficient (Wildman–Crippen LogP) is 2.33. The van der Waals surface area contributed by atoms with E-state index in [0.717, 1.165) is 15.2 Å². The van der Waals surface area contributed by atoms with Gasteiger partial charge >= 0.3 is 0 Å². The fourth-order valence-corrected chi connectivity index (χ4v) is 5.03. The Labute approximate surface area is 95.6 Å². The van der Waals surface area contributed by atoms with Gasteiger partial charge in [0.15, 0.2) is 9.84 Å². The van der Waals surface area contributed by atoms with E-state index in [1.165, 1.54) is 17.6 Å². The van der Waals surface area contributed by atoms with Crippen LogP contribution in [0.4, 0.5) is 0 Å². The number of hydrogen-bond donors (Lipinski definition) is 0. The molecule has 78 valence electrons. The zero-order chi connectivity index (χ0) is 10.4. The molecule has 1 aliphatic carbocycles. The predicted molar refractivity (Wildman–Crippen MR) is 60.2 cm³/mol. The van der Waals surface area contributed by atoms with Gasteiger partial charge in [-0.3, -0.25) is 0 Å². The van der Waals surface area contributed by atoms with E-state index in [4.69, 9.17) is 0 Å². The van der Waals surface area contributed by atoms with Gasteiger partial charge in [-0.05, 0) is 35.2 Å². The molecule has 0 saturated heterocycles. The molecule has 0 bridgehead atoms. The van der Waals surface area contributed by atoms with Gasteiger partial charge in [0.1, 0.15) is 9.75 Å². The lowest BCUT2D eigenvalue weighted by Crippen LogP contribution is -2.41. The Morgan fingerprint density at radius 3 is 2.50 bits per heavy atom. The van der Waals surface area contributed by atoms with E-state index in [-0.39, 0.29) is 0 Å². The number of hydrogen-bond acceptors (Lipinski definition) is 4. The Kier molecular flexibility index (Phi) is 2.48. The molecule has 1 saturated carbocycles. The molecule has 1 heterocycles. The first kappa shape index (κ1) is 10.6. The van der Waals surface area contributed by atoms with Crippen molar-refractivity contribution >= 4 is 37.1 Å². The van der Waals surface area contributed by atoms with Gasteiger partial charge in [0.05, 0.1) is 9.98 Å². The van der Waals surface area contributed by atoms with Gasteiger partial charge < -0.3 is 0 Å². The zero-order valence-corrected chi connectivity index (χ0v) is 10.9. The Morgan fingerprint density at radius 2 is 2.21 bits per heavy atom. The molecular weight excluding hydrogens is 286 g/mol. The molecular formula is C8H10BrNO2S2. The second kappa shape index (κ2) is 3.28. The van der Waals surface area contributed by atoms with Crippen molar-refractivity contribution in [2.75, 3.05) is 6.26 Å². The molecule has 1 aromatic rings. The molecule has 0 spiro atoms. The van der Waals surface area contributed by atoms with Crippen LogP contribution in [-0.4, -0.2) is 19.7 Å². The summed E-state index contributed by atoms with van der Waals surface area (Å²) in [7, 11) is -3.04. The number of sulfone groups is 1. The summed E-state index contributed by atoms with van der Waals surface area (Å²) < 4.78 is 23.6. The SMILES string of the molecule is CS(=O)(=O)C1(c2ncc(Br)s2)CCC1. The summed E-state index contributed by atoms with van der Waals surface area (Å²) in [6.45, 7) is 0. The van der Waals surface area contributed by atoms with Crippen LogP contribution in [0.2, 0.25) is 0 Å². The highest BCUT2D eigenvalue weighted by molar-refractivity contribution is 9.11. The van der Waals surface area contributed by atoms with E-state index < -0.39 is 14.6 Å². The van der Waals surface area contributed by atoms with Gasteiger partial charge in [-0.1, -0.05) is 0 Å². The maximum Gasteiger partial charge on any atom is 0.159 e. The summed E-state index contributed by atoms with van der Waals surface area (Å²) in [6.07, 6.45) is 5.38. The Morgan fingerprint density at radius 1 is 1.57 bits per heavy atom. The maximum absolute atomic E-state index is 11.7. The molecule has 1 aromatic heterocycles. The molecule has 1 fully saturated rings. The summed E-state index contributed by atoms with van der Waals surface area (Å²) in [5, 5.41) is 0.734. The lowest BCUT2D eigenvalue weighted by atomic mass is 9.85. The van der Waals surface area contributed by atoms with Crippen molar-refractivity contribution in [3.05, 3.63) is 15.0 Å². The molecule has 0 N–H and O–H groups in total. The molecule has 1 aliphatic rings. The molecule has 0 amide bonds. The smallest absolute Gasteiger partial charge is 0.159 e. The van der Waals surface area contributed by atoms with Crippen LogP contribution >= 0.6 is 27.3 Å². The van der Waals surface area contributed by atoms with Crippen molar-refractivity contribution in [3.8, 4) is 0 Å². The summed E-state index contributed by atoms with van der Waals surface area (Å²) in [5.41, 5.74) is 0. The lowest BCUT2D eigenvalue weighted by molar-refractivity contribution is 0.345. The molecule has 6 heteroatoms. The van der Waals surface area contributed by atoms with Gasteiger partial charge in [-0.2, -0.15) is 0 Å². The van der Waals surface area contributed by atoms with Crippen LogP contribution in [0.25, 0.3) is 0 Å². The van der Waals surface area contributed by atoms with E-state index in [2.05, 4.69) is 20.9 Å². The van der Waals surface area contributed by atoms with E-state index >= 15 is 0 Å². The summed E-state index contributed by atoms with van der Waals surface area (Å²) in [4.78, 5) is 4.17. The highest BCUT2D eigenvalue weighted by Gasteiger charge is 2.50. The quantitative estimate of drug-likeness (QED) is 0.841. The first-order chi connectivity index (χ1) is 6.46. The Bertz CT molecular complexity index is 448. The number of rotatable bonds is 2. The molecule has 0 aromatic carbocycles. The Hall–Kier alpha value is 0.0600. The highest BCUT2D eigenvalue weighted by Crippen LogP contribution is 2.49. The Balaban J connectivity index is 2.49. The van der Waals surface area contributed by atoms with E-state index in [9.17, 15) is 8.42 Å². The van der Waals surface area contributed by atoms with Crippen molar-refractivity contribution in [1.82, 2.24) is 4.98 Å². The standard InChI is InChI=1S/C8H10BrNO2S2/c1-14(11,12)8(3-2-4-8)7-10-5-6(9)13-7/h5H,2-4H2,1H3. The van der Waals surface area contributed by atoms with Gasteiger partial charge in [-0.15, -0.1) is 11.3 Å². The van der Waals surface area contributed by atoms with Crippen LogP contribution in [0, 0.1) is 0 Å². The topological polar surface area (TPSA) is 47.0 Å². The fourth-order valence-electron chi connectivity index (χ4n) is 1.71. The molecule has 0 atom stereocenters. The van der Waals surface area contributed by atoms with Crippen LogP contribution in [0.5, 0.6) is 0 Å². The first-order valence-electron chi connectivity index (χ1n) is 4.27. The third-order valence-corrected chi connectivity index (χ3v) is 6.57. The van der Waals surface area contributed by atoms with Crippen LogP contribution in [0.1, 0.15) is 24.3 Å². The first-order valence-corrected chi connectivity index (χ1v) is 7.77. The van der Waals surface area contributed by atoms with Crippen LogP contribution in [0.15, 0.2) is 9.98 Å².